The average molecular weight is 325 g/mol. The zero-order valence-electron chi connectivity index (χ0n) is 10.5. The van der Waals surface area contributed by atoms with Crippen molar-refractivity contribution in [2.24, 2.45) is 0 Å². The molecular formula is C15H14BrFO2. The zero-order chi connectivity index (χ0) is 13.8. The molecular weight excluding hydrogens is 311 g/mol. The van der Waals surface area contributed by atoms with Crippen LogP contribution in [0.15, 0.2) is 40.9 Å². The van der Waals surface area contributed by atoms with E-state index in [2.05, 4.69) is 15.9 Å². The van der Waals surface area contributed by atoms with Gasteiger partial charge >= 0.3 is 0 Å². The van der Waals surface area contributed by atoms with Crippen molar-refractivity contribution in [3.05, 3.63) is 63.4 Å². The van der Waals surface area contributed by atoms with Gasteiger partial charge in [0.2, 0.25) is 0 Å². The van der Waals surface area contributed by atoms with Crippen LogP contribution in [0.5, 0.6) is 5.75 Å². The summed E-state index contributed by atoms with van der Waals surface area (Å²) >= 11 is 3.38. The molecule has 0 unspecified atom stereocenters. The molecule has 2 aromatic carbocycles. The van der Waals surface area contributed by atoms with E-state index in [1.807, 2.05) is 19.1 Å². The van der Waals surface area contributed by atoms with Gasteiger partial charge < -0.3 is 9.84 Å². The second-order valence-corrected chi connectivity index (χ2v) is 5.10. The summed E-state index contributed by atoms with van der Waals surface area (Å²) in [7, 11) is 0. The second kappa shape index (κ2) is 6.17. The third-order valence-corrected chi connectivity index (χ3v) is 3.53. The van der Waals surface area contributed by atoms with Gasteiger partial charge in [-0.1, -0.05) is 18.2 Å². The van der Waals surface area contributed by atoms with Crippen molar-refractivity contribution in [2.45, 2.75) is 20.1 Å². The summed E-state index contributed by atoms with van der Waals surface area (Å²) in [6, 6.07) is 10.1. The Morgan fingerprint density at radius 3 is 2.74 bits per heavy atom. The Bertz CT molecular complexity index is 584. The molecule has 0 amide bonds. The number of rotatable bonds is 4. The lowest BCUT2D eigenvalue weighted by Gasteiger charge is -2.13. The molecule has 0 aliphatic rings. The molecule has 4 heteroatoms. The lowest BCUT2D eigenvalue weighted by atomic mass is 10.1. The molecule has 0 aromatic heterocycles. The first-order chi connectivity index (χ1) is 9.11. The van der Waals surface area contributed by atoms with Gasteiger partial charge in [0.05, 0.1) is 11.1 Å². The monoisotopic (exact) mass is 324 g/mol. The van der Waals surface area contributed by atoms with E-state index in [1.165, 1.54) is 12.1 Å². The predicted molar refractivity (Wildman–Crippen MR) is 75.5 cm³/mol. The first kappa shape index (κ1) is 14.0. The number of hydrogen-bond acceptors (Lipinski definition) is 2. The smallest absolute Gasteiger partial charge is 0.139 e. The van der Waals surface area contributed by atoms with Crippen LogP contribution in [0.1, 0.15) is 16.7 Å². The summed E-state index contributed by atoms with van der Waals surface area (Å²) < 4.78 is 19.7. The SMILES string of the molecule is Cc1ccc(F)cc1COc1c(Br)cccc1CO. The van der Waals surface area contributed by atoms with Gasteiger partial charge in [0.15, 0.2) is 0 Å². The van der Waals surface area contributed by atoms with Crippen LogP contribution in [0, 0.1) is 12.7 Å². The van der Waals surface area contributed by atoms with E-state index in [-0.39, 0.29) is 19.0 Å². The van der Waals surface area contributed by atoms with Crippen LogP contribution in [0.3, 0.4) is 0 Å². The molecule has 1 N–H and O–H groups in total. The van der Waals surface area contributed by atoms with Crippen LogP contribution in [0.25, 0.3) is 0 Å². The molecule has 0 saturated heterocycles. The summed E-state index contributed by atoms with van der Waals surface area (Å²) in [6.07, 6.45) is 0. The Morgan fingerprint density at radius 1 is 1.21 bits per heavy atom. The molecule has 19 heavy (non-hydrogen) atoms. The summed E-state index contributed by atoms with van der Waals surface area (Å²) in [5.74, 6) is 0.312. The minimum absolute atomic E-state index is 0.100. The fourth-order valence-electron chi connectivity index (χ4n) is 1.79. The average Bonchev–Trinajstić information content (AvgIpc) is 2.40. The largest absolute Gasteiger partial charge is 0.487 e. The van der Waals surface area contributed by atoms with Gasteiger partial charge in [0.25, 0.3) is 0 Å². The van der Waals surface area contributed by atoms with Crippen LogP contribution < -0.4 is 4.74 Å². The molecule has 0 radical (unpaired) electrons. The first-order valence-electron chi connectivity index (χ1n) is 5.88. The van der Waals surface area contributed by atoms with E-state index in [4.69, 9.17) is 4.74 Å². The maximum atomic E-state index is 13.2. The molecule has 2 rings (SSSR count). The highest BCUT2D eigenvalue weighted by Crippen LogP contribution is 2.30. The molecule has 0 spiro atoms. The minimum atomic E-state index is -0.279. The molecule has 0 bridgehead atoms. The molecule has 100 valence electrons. The van der Waals surface area contributed by atoms with Crippen LogP contribution in [0.4, 0.5) is 4.39 Å². The van der Waals surface area contributed by atoms with Crippen LogP contribution >= 0.6 is 15.9 Å². The Morgan fingerprint density at radius 2 is 2.00 bits per heavy atom. The second-order valence-electron chi connectivity index (χ2n) is 4.25. The summed E-state index contributed by atoms with van der Waals surface area (Å²) in [6.45, 7) is 2.07. The highest BCUT2D eigenvalue weighted by atomic mass is 79.9. The maximum Gasteiger partial charge on any atom is 0.139 e. The van der Waals surface area contributed by atoms with Gasteiger partial charge in [-0.3, -0.25) is 0 Å². The quantitative estimate of drug-likeness (QED) is 0.922. The molecule has 0 atom stereocenters. The third-order valence-electron chi connectivity index (χ3n) is 2.90. The van der Waals surface area contributed by atoms with Crippen LogP contribution in [-0.4, -0.2) is 5.11 Å². The number of benzene rings is 2. The Hall–Kier alpha value is -1.39. The van der Waals surface area contributed by atoms with Crippen molar-refractivity contribution >= 4 is 15.9 Å². The highest BCUT2D eigenvalue weighted by Gasteiger charge is 2.09. The lowest BCUT2D eigenvalue weighted by molar-refractivity contribution is 0.257. The fraction of sp³-hybridized carbons (Fsp3) is 0.200. The number of aliphatic hydroxyl groups is 1. The summed E-state index contributed by atoms with van der Waals surface area (Å²) in [5, 5.41) is 9.28. The Labute approximate surface area is 120 Å². The number of hydrogen-bond donors (Lipinski definition) is 1. The van der Waals surface area contributed by atoms with Crippen molar-refractivity contribution < 1.29 is 14.2 Å². The van der Waals surface area contributed by atoms with E-state index in [1.54, 1.807) is 12.1 Å². The van der Waals surface area contributed by atoms with Crippen molar-refractivity contribution in [3.8, 4) is 5.75 Å². The number of ether oxygens (including phenoxy) is 1. The lowest BCUT2D eigenvalue weighted by Crippen LogP contribution is -2.01. The molecule has 0 aliphatic heterocycles. The first-order valence-corrected chi connectivity index (χ1v) is 6.67. The topological polar surface area (TPSA) is 29.5 Å². The zero-order valence-corrected chi connectivity index (χ0v) is 12.1. The number of aryl methyl sites for hydroxylation is 1. The van der Waals surface area contributed by atoms with E-state index < -0.39 is 0 Å². The number of para-hydroxylation sites is 1. The van der Waals surface area contributed by atoms with Gasteiger partial charge in [-0.15, -0.1) is 0 Å². The van der Waals surface area contributed by atoms with Crippen LogP contribution in [0.2, 0.25) is 0 Å². The summed E-state index contributed by atoms with van der Waals surface area (Å²) in [4.78, 5) is 0. The van der Waals surface area contributed by atoms with Gasteiger partial charge in [0.1, 0.15) is 18.2 Å². The van der Waals surface area contributed by atoms with Gasteiger partial charge in [-0.2, -0.15) is 0 Å². The molecule has 0 aliphatic carbocycles. The van der Waals surface area contributed by atoms with Crippen LogP contribution in [-0.2, 0) is 13.2 Å². The number of halogens is 2. The standard InChI is InChI=1S/C15H14BrFO2/c1-10-5-6-13(17)7-12(10)9-19-15-11(8-18)3-2-4-14(15)16/h2-7,18H,8-9H2,1H3. The fourth-order valence-corrected chi connectivity index (χ4v) is 2.31. The van der Waals surface area contributed by atoms with Crippen molar-refractivity contribution in [1.82, 2.24) is 0 Å². The molecule has 0 heterocycles. The van der Waals surface area contributed by atoms with Crippen molar-refractivity contribution in [3.63, 3.8) is 0 Å². The van der Waals surface area contributed by atoms with E-state index >= 15 is 0 Å². The normalized spacial score (nSPS) is 10.5. The van der Waals surface area contributed by atoms with Crippen molar-refractivity contribution in [1.29, 1.82) is 0 Å². The van der Waals surface area contributed by atoms with Crippen molar-refractivity contribution in [2.75, 3.05) is 0 Å². The van der Waals surface area contributed by atoms with Gasteiger partial charge in [-0.25, -0.2) is 4.39 Å². The summed E-state index contributed by atoms with van der Waals surface area (Å²) in [5.41, 5.74) is 2.46. The Kier molecular flexibility index (Phi) is 4.56. The Balaban J connectivity index is 2.21. The van der Waals surface area contributed by atoms with Gasteiger partial charge in [-0.05, 0) is 52.2 Å². The highest BCUT2D eigenvalue weighted by molar-refractivity contribution is 9.10. The molecule has 2 aromatic rings. The molecule has 2 nitrogen and oxygen atoms in total. The maximum absolute atomic E-state index is 13.2. The van der Waals surface area contributed by atoms with E-state index in [0.29, 0.717) is 11.3 Å². The molecule has 0 saturated carbocycles. The third kappa shape index (κ3) is 3.33. The minimum Gasteiger partial charge on any atom is -0.487 e. The predicted octanol–water partition coefficient (Wildman–Crippen LogP) is 3.97. The number of aliphatic hydroxyl groups excluding tert-OH is 1. The van der Waals surface area contributed by atoms with E-state index in [9.17, 15) is 9.50 Å². The van der Waals surface area contributed by atoms with E-state index in [0.717, 1.165) is 15.6 Å². The van der Waals surface area contributed by atoms with Gasteiger partial charge in [0, 0.05) is 5.56 Å². The molecule has 0 fully saturated rings.